The molecule has 0 saturated carbocycles. The third-order valence-electron chi connectivity index (χ3n) is 3.31. The van der Waals surface area contributed by atoms with Crippen molar-refractivity contribution in [3.63, 3.8) is 0 Å². The molecule has 0 atom stereocenters. The van der Waals surface area contributed by atoms with E-state index in [9.17, 15) is 0 Å². The molecule has 0 radical (unpaired) electrons. The van der Waals surface area contributed by atoms with Crippen molar-refractivity contribution in [2.24, 2.45) is 0 Å². The molecule has 2 aromatic heterocycles. The first-order chi connectivity index (χ1) is 10.8. The molecule has 1 aliphatic rings. The average molecular weight is 299 g/mol. The second-order valence-corrected chi connectivity index (χ2v) is 4.78. The van der Waals surface area contributed by atoms with Crippen LogP contribution in [0.4, 0.5) is 5.82 Å². The highest BCUT2D eigenvalue weighted by Gasteiger charge is 2.17. The normalized spacial score (nSPS) is 13.3. The monoisotopic (exact) mass is 299 g/mol. The van der Waals surface area contributed by atoms with Crippen LogP contribution < -0.4 is 19.9 Å². The first-order valence-electron chi connectivity index (χ1n) is 6.79. The Bertz CT molecular complexity index is 832. The van der Waals surface area contributed by atoms with Crippen LogP contribution in [0.3, 0.4) is 0 Å². The number of rotatable bonds is 3. The molecule has 0 spiro atoms. The predicted octanol–water partition coefficient (Wildman–Crippen LogP) is 1.29. The molecule has 0 aliphatic carbocycles. The van der Waals surface area contributed by atoms with Crippen molar-refractivity contribution in [1.29, 1.82) is 0 Å². The van der Waals surface area contributed by atoms with Gasteiger partial charge in [-0.25, -0.2) is 10.1 Å². The quantitative estimate of drug-likeness (QED) is 0.750. The van der Waals surface area contributed by atoms with E-state index in [4.69, 9.17) is 19.9 Å². The van der Waals surface area contributed by atoms with E-state index < -0.39 is 0 Å². The number of benzene rings is 1. The van der Waals surface area contributed by atoms with Crippen LogP contribution >= 0.6 is 0 Å². The van der Waals surface area contributed by atoms with Gasteiger partial charge in [-0.05, 0) is 6.07 Å². The number of hydrogen-bond donors (Lipinski definition) is 2. The van der Waals surface area contributed by atoms with Crippen molar-refractivity contribution in [3.8, 4) is 17.2 Å². The number of pyridine rings is 1. The number of aromatic nitrogens is 4. The number of fused-ring (bicyclic) bond motifs is 2. The van der Waals surface area contributed by atoms with Gasteiger partial charge in [0.05, 0.1) is 0 Å². The SMILES string of the molecule is Nc1cc(OCc2cccc3c2OCCO3)c2nn[nH]c2n1. The lowest BCUT2D eigenvalue weighted by Gasteiger charge is -2.21. The minimum atomic E-state index is 0.304. The second kappa shape index (κ2) is 5.06. The summed E-state index contributed by atoms with van der Waals surface area (Å²) in [6, 6.07) is 7.33. The van der Waals surface area contributed by atoms with Crippen molar-refractivity contribution in [2.75, 3.05) is 18.9 Å². The molecule has 3 heterocycles. The largest absolute Gasteiger partial charge is 0.486 e. The van der Waals surface area contributed by atoms with Crippen LogP contribution in [0.25, 0.3) is 11.2 Å². The van der Waals surface area contributed by atoms with Crippen molar-refractivity contribution >= 4 is 17.0 Å². The predicted molar refractivity (Wildman–Crippen MR) is 77.9 cm³/mol. The molecule has 0 bridgehead atoms. The van der Waals surface area contributed by atoms with Gasteiger partial charge in [-0.2, -0.15) is 0 Å². The summed E-state index contributed by atoms with van der Waals surface area (Å²) in [5.41, 5.74) is 7.67. The summed E-state index contributed by atoms with van der Waals surface area (Å²) in [6.07, 6.45) is 0. The summed E-state index contributed by atoms with van der Waals surface area (Å²) in [4.78, 5) is 4.09. The lowest BCUT2D eigenvalue weighted by atomic mass is 10.2. The van der Waals surface area contributed by atoms with Gasteiger partial charge >= 0.3 is 0 Å². The molecule has 4 rings (SSSR count). The van der Waals surface area contributed by atoms with Crippen molar-refractivity contribution in [2.45, 2.75) is 6.61 Å². The number of ether oxygens (including phenoxy) is 3. The average Bonchev–Trinajstić information content (AvgIpc) is 3.00. The number of aromatic amines is 1. The topological polar surface area (TPSA) is 108 Å². The molecule has 0 fully saturated rings. The summed E-state index contributed by atoms with van der Waals surface area (Å²) >= 11 is 0. The van der Waals surface area contributed by atoms with Crippen LogP contribution in [0.1, 0.15) is 5.56 Å². The van der Waals surface area contributed by atoms with E-state index in [2.05, 4.69) is 20.4 Å². The van der Waals surface area contributed by atoms with Crippen LogP contribution in [0, 0.1) is 0 Å². The fourth-order valence-corrected chi connectivity index (χ4v) is 2.34. The molecule has 8 nitrogen and oxygen atoms in total. The Balaban J connectivity index is 1.63. The van der Waals surface area contributed by atoms with Gasteiger partial charge < -0.3 is 19.9 Å². The molecule has 0 unspecified atom stereocenters. The molecule has 112 valence electrons. The van der Waals surface area contributed by atoms with Gasteiger partial charge in [0.25, 0.3) is 0 Å². The van der Waals surface area contributed by atoms with E-state index in [0.29, 0.717) is 48.3 Å². The Morgan fingerprint density at radius 2 is 2.18 bits per heavy atom. The lowest BCUT2D eigenvalue weighted by molar-refractivity contribution is 0.166. The van der Waals surface area contributed by atoms with Gasteiger partial charge in [0.2, 0.25) is 0 Å². The summed E-state index contributed by atoms with van der Waals surface area (Å²) in [7, 11) is 0. The zero-order valence-electron chi connectivity index (χ0n) is 11.6. The van der Waals surface area contributed by atoms with E-state index >= 15 is 0 Å². The third kappa shape index (κ3) is 2.14. The molecule has 0 saturated heterocycles. The maximum atomic E-state index is 5.83. The summed E-state index contributed by atoms with van der Waals surface area (Å²) in [6.45, 7) is 1.38. The molecule has 3 aromatic rings. The minimum absolute atomic E-state index is 0.304. The number of anilines is 1. The van der Waals surface area contributed by atoms with Crippen LogP contribution in [0.2, 0.25) is 0 Å². The molecular formula is C14H13N5O3. The molecule has 3 N–H and O–H groups in total. The Kier molecular flexibility index (Phi) is 2.92. The molecular weight excluding hydrogens is 286 g/mol. The minimum Gasteiger partial charge on any atom is -0.486 e. The maximum Gasteiger partial charge on any atom is 0.181 e. The smallest absolute Gasteiger partial charge is 0.181 e. The number of H-pyrrole nitrogens is 1. The van der Waals surface area contributed by atoms with Gasteiger partial charge in [0.15, 0.2) is 28.4 Å². The van der Waals surface area contributed by atoms with Crippen LogP contribution in [-0.2, 0) is 6.61 Å². The molecule has 1 aromatic carbocycles. The Labute approximate surface area is 125 Å². The fourth-order valence-electron chi connectivity index (χ4n) is 2.34. The van der Waals surface area contributed by atoms with Gasteiger partial charge in [-0.1, -0.05) is 17.3 Å². The molecule has 8 heteroatoms. The number of nitrogens with two attached hydrogens (primary N) is 1. The van der Waals surface area contributed by atoms with E-state index in [1.165, 1.54) is 0 Å². The van der Waals surface area contributed by atoms with Gasteiger partial charge in [-0.3, -0.25) is 0 Å². The van der Waals surface area contributed by atoms with E-state index in [0.717, 1.165) is 11.3 Å². The van der Waals surface area contributed by atoms with Crippen molar-refractivity contribution in [3.05, 3.63) is 29.8 Å². The third-order valence-corrected chi connectivity index (χ3v) is 3.31. The molecule has 22 heavy (non-hydrogen) atoms. The van der Waals surface area contributed by atoms with E-state index in [1.54, 1.807) is 6.07 Å². The second-order valence-electron chi connectivity index (χ2n) is 4.78. The fraction of sp³-hybridized carbons (Fsp3) is 0.214. The summed E-state index contributed by atoms with van der Waals surface area (Å²) in [5, 5.41) is 10.3. The zero-order chi connectivity index (χ0) is 14.9. The van der Waals surface area contributed by atoms with Gasteiger partial charge in [0, 0.05) is 11.6 Å². The molecule has 1 aliphatic heterocycles. The zero-order valence-corrected chi connectivity index (χ0v) is 11.6. The Morgan fingerprint density at radius 1 is 1.27 bits per heavy atom. The van der Waals surface area contributed by atoms with Crippen LogP contribution in [0.5, 0.6) is 17.2 Å². The van der Waals surface area contributed by atoms with E-state index in [-0.39, 0.29) is 0 Å². The summed E-state index contributed by atoms with van der Waals surface area (Å²) in [5.74, 6) is 2.30. The standard InChI is InChI=1S/C14H13N5O3/c15-11-6-10(12-14(16-11)18-19-17-12)22-7-8-2-1-3-9-13(8)21-5-4-20-9/h1-3,6H,4-5,7H2,(H3,15,16,17,18,19). The van der Waals surface area contributed by atoms with Crippen molar-refractivity contribution in [1.82, 2.24) is 20.4 Å². The van der Waals surface area contributed by atoms with Crippen molar-refractivity contribution < 1.29 is 14.2 Å². The lowest BCUT2D eigenvalue weighted by Crippen LogP contribution is -2.17. The number of hydrogen-bond acceptors (Lipinski definition) is 7. The van der Waals surface area contributed by atoms with Crippen LogP contribution in [0.15, 0.2) is 24.3 Å². The Morgan fingerprint density at radius 3 is 3.14 bits per heavy atom. The van der Waals surface area contributed by atoms with E-state index in [1.807, 2.05) is 18.2 Å². The van der Waals surface area contributed by atoms with Crippen LogP contribution in [-0.4, -0.2) is 33.6 Å². The number of para-hydroxylation sites is 1. The van der Waals surface area contributed by atoms with Gasteiger partial charge in [-0.15, -0.1) is 5.10 Å². The summed E-state index contributed by atoms with van der Waals surface area (Å²) < 4.78 is 17.1. The highest BCUT2D eigenvalue weighted by molar-refractivity contribution is 5.78. The van der Waals surface area contributed by atoms with Gasteiger partial charge in [0.1, 0.15) is 25.6 Å². The first kappa shape index (κ1) is 12.7. The number of nitrogens with zero attached hydrogens (tertiary/aromatic N) is 3. The number of nitrogens with one attached hydrogen (secondary N) is 1. The first-order valence-corrected chi connectivity index (χ1v) is 6.79. The Hall–Kier alpha value is -3.03. The molecule has 0 amide bonds. The highest BCUT2D eigenvalue weighted by atomic mass is 16.6. The maximum absolute atomic E-state index is 5.83. The highest BCUT2D eigenvalue weighted by Crippen LogP contribution is 2.34. The number of nitrogen functional groups attached to an aromatic ring is 1.